The van der Waals surface area contributed by atoms with Crippen molar-refractivity contribution in [1.82, 2.24) is 0 Å². The molecule has 0 atom stereocenters. The molecule has 0 saturated heterocycles. The first-order valence-corrected chi connectivity index (χ1v) is 25.9. The van der Waals surface area contributed by atoms with Gasteiger partial charge in [0.05, 0.1) is 11.1 Å². The van der Waals surface area contributed by atoms with Gasteiger partial charge in [-0.05, 0) is 167 Å². The molecule has 11 aromatic carbocycles. The molecule has 12 rings (SSSR count). The van der Waals surface area contributed by atoms with E-state index in [9.17, 15) is 0 Å². The molecule has 73 heavy (non-hydrogen) atoms. The summed E-state index contributed by atoms with van der Waals surface area (Å²) in [5, 5.41) is 5.16. The zero-order valence-electron chi connectivity index (χ0n) is 44.0. The first-order chi connectivity index (χ1) is 35.6. The molecule has 0 fully saturated rings. The lowest BCUT2D eigenvalue weighted by atomic mass is 9.67. The van der Waals surface area contributed by atoms with Crippen LogP contribution >= 0.6 is 0 Å². The molecule has 1 aliphatic carbocycles. The van der Waals surface area contributed by atoms with Crippen molar-refractivity contribution in [3.05, 3.63) is 304 Å². The van der Waals surface area contributed by atoms with Gasteiger partial charge in [0.1, 0.15) is 0 Å². The number of aryl methyl sites for hydroxylation is 6. The summed E-state index contributed by atoms with van der Waals surface area (Å²) in [6.45, 7) is 19.2. The van der Waals surface area contributed by atoms with Gasteiger partial charge in [-0.25, -0.2) is 0 Å². The van der Waals surface area contributed by atoms with Gasteiger partial charge in [-0.3, -0.25) is 0 Å². The summed E-state index contributed by atoms with van der Waals surface area (Å²) in [4.78, 5) is 2.46. The lowest BCUT2D eigenvalue weighted by Gasteiger charge is -2.35. The predicted octanol–water partition coefficient (Wildman–Crippen LogP) is 20.1. The third kappa shape index (κ3) is 9.89. The summed E-state index contributed by atoms with van der Waals surface area (Å²) in [5.41, 5.74) is 22.7. The van der Waals surface area contributed by atoms with Crippen molar-refractivity contribution in [3.63, 3.8) is 0 Å². The average molecular weight is 946 g/mol. The molecule has 0 aromatic heterocycles. The molecule has 11 aromatic rings. The number of anilines is 3. The predicted molar refractivity (Wildman–Crippen MR) is 316 cm³/mol. The molecule has 360 valence electrons. The Morgan fingerprint density at radius 1 is 0.315 bits per heavy atom. The summed E-state index contributed by atoms with van der Waals surface area (Å²) in [7, 11) is 0. The fraction of sp³-hybridized carbons (Fsp3) is 0.139. The SMILES string of the molecule is CC.Cc1ccc2ccccc2c1.Cc1cccc(N(c2cccc(C)c2)c2cc3c(c4ccccc24)-c2ccc(C)cc2C3(c2ccccc2)c2ccccc2)c1.Cc1ccccc1-c1cccc(C)c1C. The molecule has 0 amide bonds. The third-order valence-electron chi connectivity index (χ3n) is 14.4. The zero-order chi connectivity index (χ0) is 51.1. The first kappa shape index (κ1) is 49.7. The molecule has 1 nitrogen and oxygen atoms in total. The molecule has 0 aliphatic heterocycles. The summed E-state index contributed by atoms with van der Waals surface area (Å²) >= 11 is 0. The Bertz CT molecular complexity index is 3590. The quantitative estimate of drug-likeness (QED) is 0.161. The highest BCUT2D eigenvalue weighted by atomic mass is 15.1. The van der Waals surface area contributed by atoms with Crippen LogP contribution in [0, 0.1) is 48.5 Å². The van der Waals surface area contributed by atoms with E-state index < -0.39 is 5.41 Å². The van der Waals surface area contributed by atoms with Crippen molar-refractivity contribution in [2.24, 2.45) is 0 Å². The molecule has 1 heteroatoms. The highest BCUT2D eigenvalue weighted by Gasteiger charge is 2.47. The number of hydrogen-bond donors (Lipinski definition) is 0. The van der Waals surface area contributed by atoms with Crippen molar-refractivity contribution < 1.29 is 0 Å². The topological polar surface area (TPSA) is 3.24 Å². The van der Waals surface area contributed by atoms with E-state index in [0.717, 1.165) is 11.4 Å². The Balaban J connectivity index is 0.000000190. The molecule has 0 bridgehead atoms. The van der Waals surface area contributed by atoms with E-state index in [4.69, 9.17) is 0 Å². The van der Waals surface area contributed by atoms with Gasteiger partial charge in [-0.1, -0.05) is 237 Å². The number of hydrogen-bond acceptors (Lipinski definition) is 1. The van der Waals surface area contributed by atoms with Crippen LogP contribution in [0.4, 0.5) is 17.1 Å². The maximum absolute atomic E-state index is 2.50. The van der Waals surface area contributed by atoms with Crippen molar-refractivity contribution in [2.75, 3.05) is 4.90 Å². The minimum absolute atomic E-state index is 0.483. The number of rotatable bonds is 6. The summed E-state index contributed by atoms with van der Waals surface area (Å²) in [5.74, 6) is 0. The van der Waals surface area contributed by atoms with Crippen molar-refractivity contribution in [1.29, 1.82) is 0 Å². The van der Waals surface area contributed by atoms with Crippen molar-refractivity contribution in [3.8, 4) is 22.3 Å². The van der Waals surface area contributed by atoms with Gasteiger partial charge < -0.3 is 4.90 Å². The Hall–Kier alpha value is -8.26. The molecule has 0 unspecified atom stereocenters. The van der Waals surface area contributed by atoms with Gasteiger partial charge in [-0.2, -0.15) is 0 Å². The smallest absolute Gasteiger partial charge is 0.0714 e. The van der Waals surface area contributed by atoms with E-state index in [2.05, 4.69) is 296 Å². The van der Waals surface area contributed by atoms with Crippen LogP contribution < -0.4 is 4.90 Å². The zero-order valence-corrected chi connectivity index (χ0v) is 44.0. The van der Waals surface area contributed by atoms with Crippen molar-refractivity contribution >= 4 is 38.6 Å². The fourth-order valence-corrected chi connectivity index (χ4v) is 10.8. The fourth-order valence-electron chi connectivity index (χ4n) is 10.8. The van der Waals surface area contributed by atoms with Crippen LogP contribution in [0.1, 0.15) is 75.0 Å². The Morgan fingerprint density at radius 2 is 0.808 bits per heavy atom. The summed E-state index contributed by atoms with van der Waals surface area (Å²) in [6.07, 6.45) is 0. The van der Waals surface area contributed by atoms with Crippen molar-refractivity contribution in [2.45, 2.75) is 67.7 Å². The molecule has 0 saturated carbocycles. The molecule has 0 radical (unpaired) electrons. The lowest BCUT2D eigenvalue weighted by Crippen LogP contribution is -2.29. The average Bonchev–Trinajstić information content (AvgIpc) is 3.71. The van der Waals surface area contributed by atoms with E-state index in [1.54, 1.807) is 0 Å². The minimum Gasteiger partial charge on any atom is -0.310 e. The van der Waals surface area contributed by atoms with E-state index in [1.165, 1.54) is 111 Å². The van der Waals surface area contributed by atoms with Crippen LogP contribution in [-0.4, -0.2) is 0 Å². The number of fused-ring (bicyclic) bond motifs is 6. The Morgan fingerprint density at radius 3 is 1.44 bits per heavy atom. The number of benzene rings is 11. The standard InChI is InChI=1S/C44H35N.C15H16.C11H10.C2H6/c1-30-14-12-20-35(26-30)45(36-21-13-15-31(2)27-36)42-29-41-43(38-23-11-10-22-37(38)42)39-25-24-32(3)28-40(39)44(41,33-16-6-4-7-17-33)34-18-8-5-9-19-34;1-11-8-6-10-15(13(11)3)14-9-5-4-7-12(14)2;1-9-6-7-10-4-2-3-5-11(10)8-9;1-2/h4-29H,1-3H3;4-10H,1-3H3;2-8H,1H3;1-2H3. The normalized spacial score (nSPS) is 11.7. The second kappa shape index (κ2) is 22.0. The van der Waals surface area contributed by atoms with Crippen LogP contribution in [0.15, 0.2) is 243 Å². The van der Waals surface area contributed by atoms with Crippen LogP contribution in [-0.2, 0) is 5.41 Å². The van der Waals surface area contributed by atoms with Gasteiger partial charge in [0.15, 0.2) is 0 Å². The van der Waals surface area contributed by atoms with E-state index >= 15 is 0 Å². The highest BCUT2D eigenvalue weighted by Crippen LogP contribution is 2.60. The summed E-state index contributed by atoms with van der Waals surface area (Å²) < 4.78 is 0. The van der Waals surface area contributed by atoms with Crippen LogP contribution in [0.5, 0.6) is 0 Å². The summed E-state index contributed by atoms with van der Waals surface area (Å²) in [6, 6.07) is 88.4. The van der Waals surface area contributed by atoms with Gasteiger partial charge in [0, 0.05) is 16.8 Å². The molecule has 0 spiro atoms. The Labute approximate surface area is 435 Å². The minimum atomic E-state index is -0.483. The maximum Gasteiger partial charge on any atom is 0.0714 e. The largest absolute Gasteiger partial charge is 0.310 e. The second-order valence-corrected chi connectivity index (χ2v) is 19.3. The van der Waals surface area contributed by atoms with Gasteiger partial charge in [0.25, 0.3) is 0 Å². The van der Waals surface area contributed by atoms with Crippen LogP contribution in [0.3, 0.4) is 0 Å². The van der Waals surface area contributed by atoms with E-state index in [1.807, 2.05) is 13.8 Å². The van der Waals surface area contributed by atoms with Gasteiger partial charge in [0.2, 0.25) is 0 Å². The maximum atomic E-state index is 2.50. The molecular weight excluding hydrogens is 879 g/mol. The van der Waals surface area contributed by atoms with Gasteiger partial charge >= 0.3 is 0 Å². The Kier molecular flexibility index (Phi) is 15.0. The lowest BCUT2D eigenvalue weighted by molar-refractivity contribution is 0.768. The van der Waals surface area contributed by atoms with E-state index in [-0.39, 0.29) is 0 Å². The highest BCUT2D eigenvalue weighted by molar-refractivity contribution is 6.11. The molecule has 0 heterocycles. The first-order valence-electron chi connectivity index (χ1n) is 25.9. The second-order valence-electron chi connectivity index (χ2n) is 19.3. The monoisotopic (exact) mass is 946 g/mol. The van der Waals surface area contributed by atoms with Crippen LogP contribution in [0.25, 0.3) is 43.8 Å². The molecule has 0 N–H and O–H groups in total. The molecule has 1 aliphatic rings. The molecular formula is C72H67N. The number of nitrogens with zero attached hydrogens (tertiary/aromatic N) is 1. The third-order valence-corrected chi connectivity index (χ3v) is 14.4. The van der Waals surface area contributed by atoms with Crippen LogP contribution in [0.2, 0.25) is 0 Å². The van der Waals surface area contributed by atoms with Gasteiger partial charge in [-0.15, -0.1) is 0 Å². The van der Waals surface area contributed by atoms with E-state index in [0.29, 0.717) is 0 Å².